The summed E-state index contributed by atoms with van der Waals surface area (Å²) < 4.78 is 5.31. The summed E-state index contributed by atoms with van der Waals surface area (Å²) in [7, 11) is 1.46. The highest BCUT2D eigenvalue weighted by atomic mass is 16.5. The van der Waals surface area contributed by atoms with Gasteiger partial charge in [-0.2, -0.15) is 0 Å². The Balaban J connectivity index is 1.94. The molecule has 4 heteroatoms. The van der Waals surface area contributed by atoms with Crippen LogP contribution in [0.1, 0.15) is 63.1 Å². The topological polar surface area (TPSA) is 41.9 Å². The van der Waals surface area contributed by atoms with Crippen LogP contribution in [0.15, 0.2) is 65.2 Å². The molecule has 4 rings (SSSR count). The van der Waals surface area contributed by atoms with Crippen molar-refractivity contribution in [3.05, 3.63) is 76.9 Å². The second-order valence-corrected chi connectivity index (χ2v) is 8.88. The van der Waals surface area contributed by atoms with Crippen LogP contribution in [0, 0.1) is 0 Å². The fraction of sp³-hybridized carbons (Fsp3) is 0.407. The Hall–Kier alpha value is -2.72. The van der Waals surface area contributed by atoms with Gasteiger partial charge >= 0.3 is 5.97 Å². The standard InChI is InChI=1S/C27H32N2O2/c1-5-6-7-13-18-29-26(2,3)28-24(20-14-9-8-10-15-20)27(29)22-17-12-11-16-21(22)19-23(27)25(30)31-4/h8-12,14-17,19H,5-7,13,18H2,1-4H3. The van der Waals surface area contributed by atoms with Crippen molar-refractivity contribution in [2.45, 2.75) is 57.7 Å². The van der Waals surface area contributed by atoms with Crippen molar-refractivity contribution >= 4 is 17.8 Å². The number of nitrogens with zero attached hydrogens (tertiary/aromatic N) is 2. The van der Waals surface area contributed by atoms with Crippen LogP contribution in [0.4, 0.5) is 0 Å². The molecule has 0 aromatic heterocycles. The quantitative estimate of drug-likeness (QED) is 0.437. The lowest BCUT2D eigenvalue weighted by molar-refractivity contribution is -0.137. The third-order valence-electron chi connectivity index (χ3n) is 6.52. The van der Waals surface area contributed by atoms with Crippen LogP contribution in [0.25, 0.3) is 6.08 Å². The molecule has 1 aliphatic heterocycles. The first kappa shape index (κ1) is 21.5. The fourth-order valence-electron chi connectivity index (χ4n) is 5.18. The molecule has 4 nitrogen and oxygen atoms in total. The lowest BCUT2D eigenvalue weighted by Gasteiger charge is -2.44. The summed E-state index contributed by atoms with van der Waals surface area (Å²) >= 11 is 0. The van der Waals surface area contributed by atoms with Gasteiger partial charge < -0.3 is 4.74 Å². The first-order chi connectivity index (χ1) is 15.0. The van der Waals surface area contributed by atoms with E-state index in [1.165, 1.54) is 26.4 Å². The highest BCUT2D eigenvalue weighted by Gasteiger charge is 2.60. The van der Waals surface area contributed by atoms with Crippen molar-refractivity contribution in [3.8, 4) is 0 Å². The summed E-state index contributed by atoms with van der Waals surface area (Å²) in [6.45, 7) is 7.39. The molecule has 1 atom stereocenters. The monoisotopic (exact) mass is 416 g/mol. The van der Waals surface area contributed by atoms with Crippen molar-refractivity contribution in [1.82, 2.24) is 4.90 Å². The molecule has 162 valence electrons. The molecule has 31 heavy (non-hydrogen) atoms. The normalized spacial score (nSPS) is 21.7. The fourth-order valence-corrected chi connectivity index (χ4v) is 5.18. The SMILES string of the molecule is CCCCCCN1C(C)(C)N=C(c2ccccc2)C12C(C(=O)OC)=Cc1ccccc12. The number of benzene rings is 2. The molecule has 0 radical (unpaired) electrons. The Labute approximate surface area is 185 Å². The Morgan fingerprint density at radius 2 is 1.71 bits per heavy atom. The summed E-state index contributed by atoms with van der Waals surface area (Å²) in [5, 5.41) is 0. The predicted molar refractivity (Wildman–Crippen MR) is 126 cm³/mol. The van der Waals surface area contributed by atoms with E-state index in [0.29, 0.717) is 5.57 Å². The number of hydrogen-bond donors (Lipinski definition) is 0. The van der Waals surface area contributed by atoms with Crippen molar-refractivity contribution < 1.29 is 9.53 Å². The Kier molecular flexibility index (Phi) is 5.85. The molecule has 1 unspecified atom stereocenters. The molecule has 0 saturated carbocycles. The van der Waals surface area contributed by atoms with Gasteiger partial charge in [-0.25, -0.2) is 4.79 Å². The van der Waals surface area contributed by atoms with Gasteiger partial charge in [0.25, 0.3) is 0 Å². The zero-order valence-electron chi connectivity index (χ0n) is 19.0. The van der Waals surface area contributed by atoms with Crippen LogP contribution in [0.2, 0.25) is 0 Å². The van der Waals surface area contributed by atoms with Crippen molar-refractivity contribution in [2.24, 2.45) is 4.99 Å². The first-order valence-electron chi connectivity index (χ1n) is 11.3. The van der Waals surface area contributed by atoms with Gasteiger partial charge in [0.1, 0.15) is 11.2 Å². The lowest BCUT2D eigenvalue weighted by Crippen LogP contribution is -2.55. The van der Waals surface area contributed by atoms with Gasteiger partial charge in [-0.3, -0.25) is 9.89 Å². The van der Waals surface area contributed by atoms with Crippen LogP contribution in [0.3, 0.4) is 0 Å². The highest BCUT2D eigenvalue weighted by molar-refractivity contribution is 6.19. The van der Waals surface area contributed by atoms with Crippen LogP contribution in [-0.2, 0) is 15.1 Å². The second kappa shape index (κ2) is 8.43. The average molecular weight is 417 g/mol. The highest BCUT2D eigenvalue weighted by Crippen LogP contribution is 2.54. The van der Waals surface area contributed by atoms with Gasteiger partial charge in [-0.05, 0) is 43.0 Å². The number of carbonyl (C=O) groups excluding carboxylic acids is 1. The van der Waals surface area contributed by atoms with Gasteiger partial charge in [0.15, 0.2) is 0 Å². The summed E-state index contributed by atoms with van der Waals surface area (Å²) in [6.07, 6.45) is 6.63. The number of carbonyl (C=O) groups is 1. The van der Waals surface area contributed by atoms with Gasteiger partial charge in [0.05, 0.1) is 18.4 Å². The van der Waals surface area contributed by atoms with Crippen LogP contribution in [-0.4, -0.2) is 35.9 Å². The molecule has 0 amide bonds. The smallest absolute Gasteiger partial charge is 0.336 e. The van der Waals surface area contributed by atoms with E-state index in [-0.39, 0.29) is 5.97 Å². The van der Waals surface area contributed by atoms with Gasteiger partial charge in [0, 0.05) is 6.54 Å². The molecule has 0 fully saturated rings. The van der Waals surface area contributed by atoms with E-state index in [4.69, 9.17) is 9.73 Å². The molecule has 1 spiro atoms. The zero-order valence-corrected chi connectivity index (χ0v) is 19.0. The third kappa shape index (κ3) is 3.43. The summed E-state index contributed by atoms with van der Waals surface area (Å²) in [5.41, 5.74) is 3.58. The van der Waals surface area contributed by atoms with Crippen molar-refractivity contribution in [3.63, 3.8) is 0 Å². The lowest BCUT2D eigenvalue weighted by atomic mass is 9.77. The van der Waals surface area contributed by atoms with Gasteiger partial charge in [-0.1, -0.05) is 80.8 Å². The van der Waals surface area contributed by atoms with E-state index >= 15 is 0 Å². The second-order valence-electron chi connectivity index (χ2n) is 8.88. The molecule has 2 aromatic carbocycles. The number of methoxy groups -OCH3 is 1. The molecule has 0 saturated heterocycles. The van der Waals surface area contributed by atoms with E-state index in [1.54, 1.807) is 0 Å². The Morgan fingerprint density at radius 3 is 2.42 bits per heavy atom. The maximum absolute atomic E-state index is 13.2. The number of fused-ring (bicyclic) bond motifs is 2. The van der Waals surface area contributed by atoms with Crippen LogP contribution < -0.4 is 0 Å². The van der Waals surface area contributed by atoms with E-state index < -0.39 is 11.2 Å². The Morgan fingerprint density at radius 1 is 1.00 bits per heavy atom. The number of aliphatic imine (C=N–C) groups is 1. The van der Waals surface area contributed by atoms with E-state index in [9.17, 15) is 4.79 Å². The average Bonchev–Trinajstić information content (AvgIpc) is 3.24. The van der Waals surface area contributed by atoms with Crippen molar-refractivity contribution in [2.75, 3.05) is 13.7 Å². The van der Waals surface area contributed by atoms with Gasteiger partial charge in [-0.15, -0.1) is 0 Å². The summed E-state index contributed by atoms with van der Waals surface area (Å²) in [6, 6.07) is 18.6. The molecule has 0 N–H and O–H groups in total. The third-order valence-corrected chi connectivity index (χ3v) is 6.52. The van der Waals surface area contributed by atoms with E-state index in [2.05, 4.69) is 56.0 Å². The molecular formula is C27H32N2O2. The summed E-state index contributed by atoms with van der Waals surface area (Å²) in [5.74, 6) is -0.295. The largest absolute Gasteiger partial charge is 0.466 e. The molecular weight excluding hydrogens is 384 g/mol. The number of ether oxygens (including phenoxy) is 1. The summed E-state index contributed by atoms with van der Waals surface area (Å²) in [4.78, 5) is 20.9. The molecule has 2 aliphatic rings. The minimum atomic E-state index is -0.749. The molecule has 1 heterocycles. The molecule has 0 bridgehead atoms. The molecule has 2 aromatic rings. The van der Waals surface area contributed by atoms with E-state index in [0.717, 1.165) is 35.4 Å². The number of unbranched alkanes of at least 4 members (excludes halogenated alkanes) is 3. The van der Waals surface area contributed by atoms with Crippen LogP contribution >= 0.6 is 0 Å². The Bertz CT molecular complexity index is 1020. The zero-order chi connectivity index (χ0) is 22.1. The van der Waals surface area contributed by atoms with E-state index in [1.807, 2.05) is 30.3 Å². The molecule has 1 aliphatic carbocycles. The minimum Gasteiger partial charge on any atom is -0.466 e. The number of rotatable bonds is 7. The number of esters is 1. The van der Waals surface area contributed by atoms with Gasteiger partial charge in [0.2, 0.25) is 0 Å². The predicted octanol–water partition coefficient (Wildman–Crippen LogP) is 5.57. The number of hydrogen-bond acceptors (Lipinski definition) is 4. The first-order valence-corrected chi connectivity index (χ1v) is 11.3. The maximum Gasteiger partial charge on any atom is 0.336 e. The van der Waals surface area contributed by atoms with Crippen molar-refractivity contribution in [1.29, 1.82) is 0 Å². The maximum atomic E-state index is 13.2. The minimum absolute atomic E-state index is 0.295. The van der Waals surface area contributed by atoms with Crippen LogP contribution in [0.5, 0.6) is 0 Å².